The first-order chi connectivity index (χ1) is 7.92. The molecule has 1 unspecified atom stereocenters. The number of rotatable bonds is 1. The normalized spacial score (nSPS) is 28.6. The van der Waals surface area contributed by atoms with Gasteiger partial charge >= 0.3 is 0 Å². The van der Waals surface area contributed by atoms with E-state index < -0.39 is 0 Å². The molecule has 17 heavy (non-hydrogen) atoms. The molecule has 1 heterocycles. The van der Waals surface area contributed by atoms with Gasteiger partial charge in [0.05, 0.1) is 6.54 Å². The first-order valence-electron chi connectivity index (χ1n) is 6.37. The maximum atomic E-state index is 12.5. The molecule has 2 aliphatic rings. The number of thiol groups is 1. The quantitative estimate of drug-likeness (QED) is 0.704. The molecular weight excluding hydrogens is 232 g/mol. The summed E-state index contributed by atoms with van der Waals surface area (Å²) < 4.78 is 0. The number of hydrogen-bond donors (Lipinski definition) is 2. The van der Waals surface area contributed by atoms with Crippen molar-refractivity contribution >= 4 is 18.5 Å². The zero-order valence-electron chi connectivity index (χ0n) is 10.7. The van der Waals surface area contributed by atoms with Gasteiger partial charge in [0.1, 0.15) is 0 Å². The van der Waals surface area contributed by atoms with Gasteiger partial charge in [-0.2, -0.15) is 0 Å². The van der Waals surface area contributed by atoms with Crippen LogP contribution < -0.4 is 5.73 Å². The highest BCUT2D eigenvalue weighted by Crippen LogP contribution is 2.43. The first kappa shape index (κ1) is 12.8. The second-order valence-corrected chi connectivity index (χ2v) is 6.45. The number of nitrogens with two attached hydrogens (primary N) is 1. The van der Waals surface area contributed by atoms with E-state index in [1.54, 1.807) is 0 Å². The van der Waals surface area contributed by atoms with Crippen molar-refractivity contribution in [2.24, 2.45) is 17.1 Å². The zero-order valence-corrected chi connectivity index (χ0v) is 11.6. The van der Waals surface area contributed by atoms with E-state index in [-0.39, 0.29) is 11.3 Å². The molecule has 0 radical (unpaired) electrons. The van der Waals surface area contributed by atoms with Gasteiger partial charge in [0.2, 0.25) is 5.91 Å². The average Bonchev–Trinajstić information content (AvgIpc) is 2.61. The number of nitrogens with zero attached hydrogens (tertiary/aromatic N) is 1. The van der Waals surface area contributed by atoms with Gasteiger partial charge < -0.3 is 10.6 Å². The predicted molar refractivity (Wildman–Crippen MR) is 72.5 cm³/mol. The number of carbonyl (C=O) groups is 1. The molecule has 4 heteroatoms. The fourth-order valence-electron chi connectivity index (χ4n) is 2.95. The van der Waals surface area contributed by atoms with Crippen LogP contribution in [-0.2, 0) is 4.79 Å². The molecule has 1 fully saturated rings. The third-order valence-electron chi connectivity index (χ3n) is 4.23. The van der Waals surface area contributed by atoms with Crippen molar-refractivity contribution in [2.75, 3.05) is 13.1 Å². The molecule has 1 aliphatic heterocycles. The summed E-state index contributed by atoms with van der Waals surface area (Å²) in [4.78, 5) is 15.3. The third kappa shape index (κ3) is 2.46. The lowest BCUT2D eigenvalue weighted by Gasteiger charge is -2.34. The Morgan fingerprint density at radius 3 is 2.76 bits per heavy atom. The Bertz CT molecular complexity index is 362. The molecule has 1 atom stereocenters. The molecule has 0 saturated heterocycles. The van der Waals surface area contributed by atoms with E-state index in [1.165, 1.54) is 6.42 Å². The van der Waals surface area contributed by atoms with Crippen molar-refractivity contribution in [1.82, 2.24) is 4.90 Å². The first-order valence-corrected chi connectivity index (χ1v) is 6.82. The molecule has 0 aromatic heterocycles. The van der Waals surface area contributed by atoms with Crippen LogP contribution in [-0.4, -0.2) is 23.9 Å². The van der Waals surface area contributed by atoms with Crippen molar-refractivity contribution in [3.8, 4) is 0 Å². The Kier molecular flexibility index (Phi) is 3.43. The lowest BCUT2D eigenvalue weighted by molar-refractivity contribution is -0.138. The molecule has 1 aliphatic carbocycles. The SMILES string of the molecule is CC1(C)CCCC1C(=O)N1CCC(N)=C(S)C1. The number of hydrogen-bond acceptors (Lipinski definition) is 3. The van der Waals surface area contributed by atoms with E-state index in [0.717, 1.165) is 36.4 Å². The average molecular weight is 254 g/mol. The number of amides is 1. The summed E-state index contributed by atoms with van der Waals surface area (Å²) in [5.74, 6) is 0.481. The Balaban J connectivity index is 2.07. The van der Waals surface area contributed by atoms with Crippen molar-refractivity contribution in [3.05, 3.63) is 10.6 Å². The molecule has 96 valence electrons. The van der Waals surface area contributed by atoms with Gasteiger partial charge in [0, 0.05) is 29.5 Å². The Labute approximate surface area is 109 Å². The topological polar surface area (TPSA) is 46.3 Å². The minimum Gasteiger partial charge on any atom is -0.401 e. The predicted octanol–water partition coefficient (Wildman–Crippen LogP) is 2.15. The Morgan fingerprint density at radius 1 is 1.53 bits per heavy atom. The van der Waals surface area contributed by atoms with E-state index in [1.807, 2.05) is 4.90 Å². The van der Waals surface area contributed by atoms with Gasteiger partial charge in [-0.25, -0.2) is 0 Å². The molecule has 0 aromatic rings. The van der Waals surface area contributed by atoms with Crippen LogP contribution in [0.1, 0.15) is 39.5 Å². The van der Waals surface area contributed by atoms with Crippen LogP contribution in [0.3, 0.4) is 0 Å². The lowest BCUT2D eigenvalue weighted by atomic mass is 9.81. The van der Waals surface area contributed by atoms with Crippen LogP contribution in [0, 0.1) is 11.3 Å². The second kappa shape index (κ2) is 4.56. The van der Waals surface area contributed by atoms with E-state index >= 15 is 0 Å². The monoisotopic (exact) mass is 254 g/mol. The fraction of sp³-hybridized carbons (Fsp3) is 0.769. The zero-order chi connectivity index (χ0) is 12.6. The lowest BCUT2D eigenvalue weighted by Crippen LogP contribution is -2.43. The Morgan fingerprint density at radius 2 is 2.24 bits per heavy atom. The van der Waals surface area contributed by atoms with E-state index in [4.69, 9.17) is 5.73 Å². The van der Waals surface area contributed by atoms with Crippen LogP contribution in [0.15, 0.2) is 10.6 Å². The van der Waals surface area contributed by atoms with Crippen LogP contribution in [0.2, 0.25) is 0 Å². The summed E-state index contributed by atoms with van der Waals surface area (Å²) >= 11 is 4.36. The minimum absolute atomic E-state index is 0.153. The molecule has 1 amide bonds. The Hall–Kier alpha value is -0.640. The summed E-state index contributed by atoms with van der Waals surface area (Å²) in [6.07, 6.45) is 4.12. The van der Waals surface area contributed by atoms with Gasteiger partial charge in [-0.15, -0.1) is 12.6 Å². The van der Waals surface area contributed by atoms with Crippen LogP contribution in [0.4, 0.5) is 0 Å². The highest BCUT2D eigenvalue weighted by molar-refractivity contribution is 7.84. The molecule has 2 rings (SSSR count). The second-order valence-electron chi connectivity index (χ2n) is 5.92. The van der Waals surface area contributed by atoms with Gasteiger partial charge in [-0.1, -0.05) is 20.3 Å². The molecule has 0 spiro atoms. The summed E-state index contributed by atoms with van der Waals surface area (Å²) in [5, 5.41) is 0. The summed E-state index contributed by atoms with van der Waals surface area (Å²) in [6.45, 7) is 5.76. The van der Waals surface area contributed by atoms with Crippen molar-refractivity contribution in [1.29, 1.82) is 0 Å². The number of carbonyl (C=O) groups excluding carboxylic acids is 1. The largest absolute Gasteiger partial charge is 0.401 e. The summed E-state index contributed by atoms with van der Waals surface area (Å²) in [5.41, 5.74) is 6.80. The molecular formula is C13H22N2OS. The van der Waals surface area contributed by atoms with Crippen LogP contribution >= 0.6 is 12.6 Å². The molecule has 3 nitrogen and oxygen atoms in total. The smallest absolute Gasteiger partial charge is 0.226 e. The van der Waals surface area contributed by atoms with Gasteiger partial charge in [-0.3, -0.25) is 4.79 Å². The van der Waals surface area contributed by atoms with Crippen LogP contribution in [0.25, 0.3) is 0 Å². The molecule has 0 aromatic carbocycles. The van der Waals surface area contributed by atoms with Gasteiger partial charge in [0.15, 0.2) is 0 Å². The fourth-order valence-corrected chi connectivity index (χ4v) is 3.24. The minimum atomic E-state index is 0.153. The van der Waals surface area contributed by atoms with E-state index in [9.17, 15) is 4.79 Å². The van der Waals surface area contributed by atoms with Crippen molar-refractivity contribution in [2.45, 2.75) is 39.5 Å². The maximum absolute atomic E-state index is 12.5. The standard InChI is InChI=1S/C13H22N2OS/c1-13(2)6-3-4-9(13)12(16)15-7-5-10(14)11(17)8-15/h9,17H,3-8,14H2,1-2H3. The van der Waals surface area contributed by atoms with Gasteiger partial charge in [0.25, 0.3) is 0 Å². The van der Waals surface area contributed by atoms with E-state index in [2.05, 4.69) is 26.5 Å². The summed E-state index contributed by atoms with van der Waals surface area (Å²) in [6, 6.07) is 0. The van der Waals surface area contributed by atoms with Gasteiger partial charge in [-0.05, 0) is 18.3 Å². The highest BCUT2D eigenvalue weighted by Gasteiger charge is 2.41. The highest BCUT2D eigenvalue weighted by atomic mass is 32.1. The van der Waals surface area contributed by atoms with Crippen molar-refractivity contribution in [3.63, 3.8) is 0 Å². The molecule has 0 bridgehead atoms. The third-order valence-corrected chi connectivity index (χ3v) is 4.66. The maximum Gasteiger partial charge on any atom is 0.226 e. The van der Waals surface area contributed by atoms with E-state index in [0.29, 0.717) is 12.5 Å². The summed E-state index contributed by atoms with van der Waals surface area (Å²) in [7, 11) is 0. The molecule has 2 N–H and O–H groups in total. The van der Waals surface area contributed by atoms with Crippen LogP contribution in [0.5, 0.6) is 0 Å². The molecule has 1 saturated carbocycles. The van der Waals surface area contributed by atoms with Crippen molar-refractivity contribution < 1.29 is 4.79 Å².